The molecule has 0 radical (unpaired) electrons. The number of amides is 2. The first-order valence-electron chi connectivity index (χ1n) is 8.31. The lowest BCUT2D eigenvalue weighted by molar-refractivity contribution is -0.141. The standard InChI is InChI=1S/C19H21ClN2O4S/c1-12(23)21-15(13-5-7-14(20)8-6-13)10-18(24)22-16(11-19(25)26-2)17-4-3-9-27-17/h3-9,15-16H,10-11H2,1-2H3,(H,21,23)(H,22,24)/t15-,16-/m1/s1. The minimum atomic E-state index is -0.498. The molecule has 0 aliphatic heterocycles. The van der Waals surface area contributed by atoms with E-state index in [1.54, 1.807) is 24.3 Å². The number of methoxy groups -OCH3 is 1. The van der Waals surface area contributed by atoms with E-state index in [0.717, 1.165) is 10.4 Å². The molecule has 0 aliphatic rings. The highest BCUT2D eigenvalue weighted by molar-refractivity contribution is 7.10. The molecule has 1 heterocycles. The number of nitrogens with one attached hydrogen (secondary N) is 2. The van der Waals surface area contributed by atoms with Crippen molar-refractivity contribution in [3.05, 3.63) is 57.2 Å². The zero-order valence-electron chi connectivity index (χ0n) is 15.0. The lowest BCUT2D eigenvalue weighted by Crippen LogP contribution is -2.35. The summed E-state index contributed by atoms with van der Waals surface area (Å²) in [4.78, 5) is 36.7. The Kier molecular flexibility index (Phi) is 7.82. The largest absolute Gasteiger partial charge is 0.469 e. The zero-order valence-corrected chi connectivity index (χ0v) is 16.6. The molecule has 0 bridgehead atoms. The van der Waals surface area contributed by atoms with E-state index < -0.39 is 18.1 Å². The van der Waals surface area contributed by atoms with Crippen LogP contribution in [0.15, 0.2) is 41.8 Å². The summed E-state index contributed by atoms with van der Waals surface area (Å²) < 4.78 is 4.72. The van der Waals surface area contributed by atoms with E-state index >= 15 is 0 Å². The van der Waals surface area contributed by atoms with Crippen molar-refractivity contribution in [3.63, 3.8) is 0 Å². The Balaban J connectivity index is 2.11. The maximum atomic E-state index is 12.6. The van der Waals surface area contributed by atoms with Crippen molar-refractivity contribution in [2.75, 3.05) is 7.11 Å². The van der Waals surface area contributed by atoms with Gasteiger partial charge in [-0.1, -0.05) is 29.8 Å². The van der Waals surface area contributed by atoms with E-state index in [9.17, 15) is 14.4 Å². The van der Waals surface area contributed by atoms with Gasteiger partial charge in [0.2, 0.25) is 11.8 Å². The second-order valence-electron chi connectivity index (χ2n) is 5.92. The van der Waals surface area contributed by atoms with Crippen molar-refractivity contribution >= 4 is 40.7 Å². The van der Waals surface area contributed by atoms with Crippen LogP contribution in [0.1, 0.15) is 42.3 Å². The number of thiophene rings is 1. The van der Waals surface area contributed by atoms with E-state index in [1.165, 1.54) is 25.4 Å². The number of hydrogen-bond acceptors (Lipinski definition) is 5. The fourth-order valence-corrected chi connectivity index (χ4v) is 3.50. The van der Waals surface area contributed by atoms with Crippen LogP contribution in [0.25, 0.3) is 0 Å². The third-order valence-electron chi connectivity index (χ3n) is 3.86. The van der Waals surface area contributed by atoms with Gasteiger partial charge in [-0.25, -0.2) is 0 Å². The molecule has 8 heteroatoms. The highest BCUT2D eigenvalue weighted by Crippen LogP contribution is 2.24. The van der Waals surface area contributed by atoms with Gasteiger partial charge in [0.05, 0.1) is 32.0 Å². The van der Waals surface area contributed by atoms with E-state index in [1.807, 2.05) is 17.5 Å². The highest BCUT2D eigenvalue weighted by atomic mass is 35.5. The summed E-state index contributed by atoms with van der Waals surface area (Å²) in [7, 11) is 1.31. The van der Waals surface area contributed by atoms with E-state index in [2.05, 4.69) is 10.6 Å². The van der Waals surface area contributed by atoms with Crippen molar-refractivity contribution in [2.45, 2.75) is 31.8 Å². The molecule has 27 heavy (non-hydrogen) atoms. The first kappa shape index (κ1) is 20.9. The van der Waals surface area contributed by atoms with E-state index in [0.29, 0.717) is 5.02 Å². The first-order chi connectivity index (χ1) is 12.9. The van der Waals surface area contributed by atoms with E-state index in [-0.39, 0.29) is 24.7 Å². The van der Waals surface area contributed by atoms with Crippen LogP contribution in [0.3, 0.4) is 0 Å². The van der Waals surface area contributed by atoms with Crippen LogP contribution in [-0.2, 0) is 19.1 Å². The molecule has 1 aromatic carbocycles. The van der Waals surface area contributed by atoms with E-state index in [4.69, 9.17) is 16.3 Å². The summed E-state index contributed by atoms with van der Waals surface area (Å²) in [5.74, 6) is -0.942. The number of carbonyl (C=O) groups is 3. The molecule has 0 fully saturated rings. The Morgan fingerprint density at radius 1 is 1.07 bits per heavy atom. The van der Waals surface area contributed by atoms with Gasteiger partial charge in [0.15, 0.2) is 0 Å². The maximum Gasteiger partial charge on any atom is 0.307 e. The van der Waals surface area contributed by atoms with Gasteiger partial charge in [-0.3, -0.25) is 14.4 Å². The molecule has 0 spiro atoms. The van der Waals surface area contributed by atoms with Crippen molar-refractivity contribution in [3.8, 4) is 0 Å². The van der Waals surface area contributed by atoms with Gasteiger partial charge in [0.25, 0.3) is 0 Å². The zero-order chi connectivity index (χ0) is 19.8. The molecule has 0 saturated carbocycles. The molecule has 0 saturated heterocycles. The van der Waals surface area contributed by atoms with Gasteiger partial charge < -0.3 is 15.4 Å². The predicted molar refractivity (Wildman–Crippen MR) is 104 cm³/mol. The molecule has 2 rings (SSSR count). The minimum absolute atomic E-state index is 0.0320. The molecular formula is C19H21ClN2O4S. The van der Waals surface area contributed by atoms with Crippen LogP contribution >= 0.6 is 22.9 Å². The van der Waals surface area contributed by atoms with Gasteiger partial charge in [0, 0.05) is 16.8 Å². The van der Waals surface area contributed by atoms with Gasteiger partial charge in [-0.15, -0.1) is 11.3 Å². The number of rotatable bonds is 8. The predicted octanol–water partition coefficient (Wildman–Crippen LogP) is 3.39. The number of halogens is 1. The Bertz CT molecular complexity index is 778. The van der Waals surface area contributed by atoms with Crippen LogP contribution in [0.5, 0.6) is 0 Å². The van der Waals surface area contributed by atoms with Gasteiger partial charge in [-0.2, -0.15) is 0 Å². The molecule has 0 unspecified atom stereocenters. The Morgan fingerprint density at radius 2 is 1.78 bits per heavy atom. The molecule has 2 N–H and O–H groups in total. The summed E-state index contributed by atoms with van der Waals surface area (Å²) in [5.41, 5.74) is 0.769. The molecule has 6 nitrogen and oxygen atoms in total. The first-order valence-corrected chi connectivity index (χ1v) is 9.57. The number of esters is 1. The van der Waals surface area contributed by atoms with Crippen LogP contribution in [0.4, 0.5) is 0 Å². The summed E-state index contributed by atoms with van der Waals surface area (Å²) in [6.45, 7) is 1.40. The van der Waals surface area contributed by atoms with Crippen LogP contribution in [0, 0.1) is 0 Å². The van der Waals surface area contributed by atoms with Crippen molar-refractivity contribution in [1.29, 1.82) is 0 Å². The lowest BCUT2D eigenvalue weighted by atomic mass is 10.0. The van der Waals surface area contributed by atoms with Crippen LogP contribution in [-0.4, -0.2) is 24.9 Å². The third-order valence-corrected chi connectivity index (χ3v) is 5.10. The van der Waals surface area contributed by atoms with Crippen molar-refractivity contribution < 1.29 is 19.1 Å². The molecule has 0 aliphatic carbocycles. The Morgan fingerprint density at radius 3 is 2.33 bits per heavy atom. The molecule has 144 valence electrons. The number of benzene rings is 1. The smallest absolute Gasteiger partial charge is 0.307 e. The number of carbonyl (C=O) groups excluding carboxylic acids is 3. The fourth-order valence-electron chi connectivity index (χ4n) is 2.59. The number of ether oxygens (including phenoxy) is 1. The maximum absolute atomic E-state index is 12.6. The Labute approximate surface area is 166 Å². The Hall–Kier alpha value is -2.38. The monoisotopic (exact) mass is 408 g/mol. The third kappa shape index (κ3) is 6.69. The molecule has 2 amide bonds. The molecule has 2 atom stereocenters. The van der Waals surface area contributed by atoms with Crippen molar-refractivity contribution in [2.24, 2.45) is 0 Å². The highest BCUT2D eigenvalue weighted by Gasteiger charge is 2.23. The molecule has 2 aromatic rings. The van der Waals surface area contributed by atoms with Crippen molar-refractivity contribution in [1.82, 2.24) is 10.6 Å². The van der Waals surface area contributed by atoms with Gasteiger partial charge in [0.1, 0.15) is 0 Å². The summed E-state index contributed by atoms with van der Waals surface area (Å²) in [6.07, 6.45) is 0.0682. The quantitative estimate of drug-likeness (QED) is 0.656. The summed E-state index contributed by atoms with van der Waals surface area (Å²) >= 11 is 7.35. The topological polar surface area (TPSA) is 84.5 Å². The normalized spacial score (nSPS) is 12.7. The average molecular weight is 409 g/mol. The second-order valence-corrected chi connectivity index (χ2v) is 7.34. The lowest BCUT2D eigenvalue weighted by Gasteiger charge is -2.21. The average Bonchev–Trinajstić information content (AvgIpc) is 3.15. The number of hydrogen-bond donors (Lipinski definition) is 2. The SMILES string of the molecule is COC(=O)C[C@@H](NC(=O)C[C@@H](NC(C)=O)c1ccc(Cl)cc1)c1cccs1. The van der Waals surface area contributed by atoms with Crippen LogP contribution in [0.2, 0.25) is 5.02 Å². The van der Waals surface area contributed by atoms with Crippen LogP contribution < -0.4 is 10.6 Å². The fraction of sp³-hybridized carbons (Fsp3) is 0.316. The summed E-state index contributed by atoms with van der Waals surface area (Å²) in [5, 5.41) is 8.08. The summed E-state index contributed by atoms with van der Waals surface area (Å²) in [6, 6.07) is 9.66. The minimum Gasteiger partial charge on any atom is -0.469 e. The second kappa shape index (κ2) is 10.1. The molecule has 1 aromatic heterocycles. The molecular weight excluding hydrogens is 388 g/mol. The van der Waals surface area contributed by atoms with Gasteiger partial charge in [-0.05, 0) is 29.1 Å². The van der Waals surface area contributed by atoms with Gasteiger partial charge >= 0.3 is 5.97 Å².